The maximum Gasteiger partial charge on any atom is 0.347 e. The number of rotatable bonds is 15. The van der Waals surface area contributed by atoms with E-state index < -0.39 is 66.5 Å². The fourth-order valence-electron chi connectivity index (χ4n) is 2.54. The van der Waals surface area contributed by atoms with Crippen molar-refractivity contribution < 1.29 is 57.2 Å². The van der Waals surface area contributed by atoms with E-state index in [1.54, 1.807) is 6.92 Å². The predicted molar refractivity (Wildman–Crippen MR) is 119 cm³/mol. The molecular formula is C23H36O12. The van der Waals surface area contributed by atoms with E-state index in [1.165, 1.54) is 48.7 Å². The average Bonchev–Trinajstić information content (AvgIpc) is 2.78. The molecule has 0 fully saturated rings. The molecule has 0 aromatic carbocycles. The monoisotopic (exact) mass is 504 g/mol. The second kappa shape index (κ2) is 15.8. The fourth-order valence-corrected chi connectivity index (χ4v) is 2.54. The molecule has 0 aliphatic heterocycles. The van der Waals surface area contributed by atoms with E-state index in [9.17, 15) is 28.8 Å². The van der Waals surface area contributed by atoms with Crippen molar-refractivity contribution in [3.05, 3.63) is 0 Å². The van der Waals surface area contributed by atoms with Gasteiger partial charge in [0, 0.05) is 14.0 Å². The van der Waals surface area contributed by atoms with Crippen molar-refractivity contribution in [1.29, 1.82) is 0 Å². The molecule has 35 heavy (non-hydrogen) atoms. The lowest BCUT2D eigenvalue weighted by atomic mass is 10.1. The molecule has 0 radical (unpaired) electrons. The van der Waals surface area contributed by atoms with E-state index in [-0.39, 0.29) is 18.6 Å². The zero-order chi connectivity index (χ0) is 27.3. The average molecular weight is 505 g/mol. The third-order valence-corrected chi connectivity index (χ3v) is 4.81. The van der Waals surface area contributed by atoms with Gasteiger partial charge in [-0.15, -0.1) is 0 Å². The lowest BCUT2D eigenvalue weighted by molar-refractivity contribution is -0.184. The molecule has 0 spiro atoms. The molecule has 0 saturated carbocycles. The van der Waals surface area contributed by atoms with Crippen LogP contribution in [0.25, 0.3) is 0 Å². The third-order valence-electron chi connectivity index (χ3n) is 4.81. The van der Waals surface area contributed by atoms with Crippen molar-refractivity contribution in [2.45, 2.75) is 104 Å². The molecule has 0 saturated heterocycles. The molecule has 0 N–H and O–H groups in total. The Morgan fingerprint density at radius 2 is 1.00 bits per heavy atom. The molecule has 0 aliphatic rings. The maximum atomic E-state index is 12.3. The van der Waals surface area contributed by atoms with Crippen molar-refractivity contribution in [1.82, 2.24) is 0 Å². The van der Waals surface area contributed by atoms with E-state index >= 15 is 0 Å². The van der Waals surface area contributed by atoms with E-state index in [0.29, 0.717) is 6.42 Å². The molecule has 0 bridgehead atoms. The summed E-state index contributed by atoms with van der Waals surface area (Å²) in [5.41, 5.74) is 0. The number of carbonyl (C=O) groups is 6. The molecule has 12 nitrogen and oxygen atoms in total. The van der Waals surface area contributed by atoms with Crippen molar-refractivity contribution in [3.8, 4) is 0 Å². The summed E-state index contributed by atoms with van der Waals surface area (Å²) in [6.45, 7) is 9.46. The Bertz CT molecular complexity index is 762. The molecule has 0 aromatic heterocycles. The van der Waals surface area contributed by atoms with Gasteiger partial charge in [-0.05, 0) is 53.9 Å². The van der Waals surface area contributed by atoms with Gasteiger partial charge in [0.1, 0.15) is 6.10 Å². The van der Waals surface area contributed by atoms with Gasteiger partial charge in [0.2, 0.25) is 0 Å². The standard InChI is InChI=1S/C23H36O12/c1-9-18(10-11-19(12(2)24)34-17(7)25)35-23(29)16(6)33-22(28)15(5)32-21(27)14(4)31-20(26)13(3)30-8/h13-16,18-19H,9-11H2,1-8H3. The van der Waals surface area contributed by atoms with Crippen LogP contribution in [0.3, 0.4) is 0 Å². The van der Waals surface area contributed by atoms with Crippen LogP contribution in [0, 0.1) is 0 Å². The molecule has 0 amide bonds. The smallest absolute Gasteiger partial charge is 0.347 e. The molecule has 0 rings (SSSR count). The summed E-state index contributed by atoms with van der Waals surface area (Å²) in [5, 5.41) is 0. The molecule has 12 heteroatoms. The van der Waals surface area contributed by atoms with Gasteiger partial charge >= 0.3 is 29.8 Å². The van der Waals surface area contributed by atoms with Gasteiger partial charge in [0.25, 0.3) is 0 Å². The van der Waals surface area contributed by atoms with Gasteiger partial charge < -0.3 is 28.4 Å². The van der Waals surface area contributed by atoms with E-state index in [2.05, 4.69) is 0 Å². The maximum absolute atomic E-state index is 12.3. The Morgan fingerprint density at radius 1 is 0.600 bits per heavy atom. The van der Waals surface area contributed by atoms with Crippen LogP contribution in [0.15, 0.2) is 0 Å². The van der Waals surface area contributed by atoms with Gasteiger partial charge in [-0.1, -0.05) is 6.92 Å². The number of esters is 5. The van der Waals surface area contributed by atoms with E-state index in [4.69, 9.17) is 28.4 Å². The van der Waals surface area contributed by atoms with Crippen molar-refractivity contribution >= 4 is 35.6 Å². The predicted octanol–water partition coefficient (Wildman–Crippen LogP) is 1.44. The summed E-state index contributed by atoms with van der Waals surface area (Å²) in [4.78, 5) is 71.0. The Morgan fingerprint density at radius 3 is 1.34 bits per heavy atom. The summed E-state index contributed by atoms with van der Waals surface area (Å²) in [5.74, 6) is -4.54. The quantitative estimate of drug-likeness (QED) is 0.234. The number of ether oxygens (including phenoxy) is 6. The van der Waals surface area contributed by atoms with Gasteiger partial charge in [0.15, 0.2) is 36.3 Å². The molecule has 0 aliphatic carbocycles. The van der Waals surface area contributed by atoms with Crippen LogP contribution in [0.2, 0.25) is 0 Å². The highest BCUT2D eigenvalue weighted by Gasteiger charge is 2.30. The van der Waals surface area contributed by atoms with Crippen LogP contribution in [0.5, 0.6) is 0 Å². The first-order chi connectivity index (χ1) is 16.2. The molecule has 0 aromatic rings. The van der Waals surface area contributed by atoms with Crippen molar-refractivity contribution in [2.24, 2.45) is 0 Å². The number of carbonyl (C=O) groups excluding carboxylic acids is 6. The molecule has 0 heterocycles. The second-order valence-corrected chi connectivity index (χ2v) is 7.87. The number of hydrogen-bond acceptors (Lipinski definition) is 12. The first kappa shape index (κ1) is 32.0. The zero-order valence-corrected chi connectivity index (χ0v) is 21.5. The number of Topliss-reactive ketones (excluding diaryl/α,β-unsaturated/α-hetero) is 1. The summed E-state index contributed by atoms with van der Waals surface area (Å²) in [6.07, 6.45) is -5.63. The minimum absolute atomic E-state index is 0.160. The minimum atomic E-state index is -1.39. The van der Waals surface area contributed by atoms with Crippen LogP contribution in [-0.4, -0.2) is 79.4 Å². The summed E-state index contributed by atoms with van der Waals surface area (Å²) in [6, 6.07) is 0. The normalized spacial score (nSPS) is 15.9. The first-order valence-corrected chi connectivity index (χ1v) is 11.3. The van der Waals surface area contributed by atoms with Gasteiger partial charge in [-0.2, -0.15) is 0 Å². The number of ketones is 1. The van der Waals surface area contributed by atoms with Crippen LogP contribution >= 0.6 is 0 Å². The van der Waals surface area contributed by atoms with Crippen LogP contribution in [0.4, 0.5) is 0 Å². The van der Waals surface area contributed by atoms with Crippen molar-refractivity contribution in [3.63, 3.8) is 0 Å². The Hall–Kier alpha value is -3.02. The summed E-state index contributed by atoms with van der Waals surface area (Å²) in [7, 11) is 1.30. The highest BCUT2D eigenvalue weighted by atomic mass is 16.6. The SMILES string of the molecule is CCC(CCC(OC(C)=O)C(C)=O)OC(=O)C(C)OC(=O)C(C)OC(=O)C(C)OC(=O)C(C)OC. The van der Waals surface area contributed by atoms with E-state index in [1.807, 2.05) is 0 Å². The molecule has 6 atom stereocenters. The Labute approximate surface area is 204 Å². The van der Waals surface area contributed by atoms with Crippen molar-refractivity contribution in [2.75, 3.05) is 7.11 Å². The number of methoxy groups -OCH3 is 1. The van der Waals surface area contributed by atoms with Crippen LogP contribution < -0.4 is 0 Å². The highest BCUT2D eigenvalue weighted by molar-refractivity contribution is 5.85. The minimum Gasteiger partial charge on any atom is -0.460 e. The lowest BCUT2D eigenvalue weighted by Crippen LogP contribution is -2.37. The summed E-state index contributed by atoms with van der Waals surface area (Å²) >= 11 is 0. The van der Waals surface area contributed by atoms with Crippen LogP contribution in [-0.2, 0) is 57.2 Å². The van der Waals surface area contributed by atoms with Gasteiger partial charge in [0.05, 0.1) is 0 Å². The van der Waals surface area contributed by atoms with Gasteiger partial charge in [-0.3, -0.25) is 9.59 Å². The topological polar surface area (TPSA) is 158 Å². The van der Waals surface area contributed by atoms with Crippen LogP contribution in [0.1, 0.15) is 67.7 Å². The molecule has 6 unspecified atom stereocenters. The Kier molecular flexibility index (Phi) is 14.4. The van der Waals surface area contributed by atoms with E-state index in [0.717, 1.165) is 0 Å². The zero-order valence-electron chi connectivity index (χ0n) is 21.5. The third kappa shape index (κ3) is 12.3. The molecular weight excluding hydrogens is 468 g/mol. The fraction of sp³-hybridized carbons (Fsp3) is 0.739. The lowest BCUT2D eigenvalue weighted by Gasteiger charge is -2.22. The number of hydrogen-bond donors (Lipinski definition) is 0. The van der Waals surface area contributed by atoms with Gasteiger partial charge in [-0.25, -0.2) is 19.2 Å². The second-order valence-electron chi connectivity index (χ2n) is 7.87. The Balaban J connectivity index is 4.73. The first-order valence-electron chi connectivity index (χ1n) is 11.3. The highest BCUT2D eigenvalue weighted by Crippen LogP contribution is 2.14. The summed E-state index contributed by atoms with van der Waals surface area (Å²) < 4.78 is 29.9. The molecule has 200 valence electrons. The largest absolute Gasteiger partial charge is 0.460 e.